The highest BCUT2D eigenvalue weighted by molar-refractivity contribution is 7.90. The van der Waals surface area contributed by atoms with Crippen LogP contribution in [-0.4, -0.2) is 26.3 Å². The van der Waals surface area contributed by atoms with Gasteiger partial charge in [-0.05, 0) is 42.6 Å². The van der Waals surface area contributed by atoms with E-state index in [1.807, 2.05) is 6.92 Å². The van der Waals surface area contributed by atoms with Gasteiger partial charge in [0.05, 0.1) is 4.90 Å². The van der Waals surface area contributed by atoms with Gasteiger partial charge in [-0.25, -0.2) is 8.42 Å². The second-order valence-corrected chi connectivity index (χ2v) is 6.07. The molecule has 1 aromatic carbocycles. The molecule has 1 rings (SSSR count). The van der Waals surface area contributed by atoms with Gasteiger partial charge in [-0.15, -0.1) is 0 Å². The van der Waals surface area contributed by atoms with Gasteiger partial charge in [0.15, 0.2) is 9.84 Å². The molecule has 5 heteroatoms. The lowest BCUT2D eigenvalue weighted by Crippen LogP contribution is -2.13. The third-order valence-electron chi connectivity index (χ3n) is 2.61. The molecule has 1 unspecified atom stereocenters. The van der Waals surface area contributed by atoms with E-state index in [-0.39, 0.29) is 16.6 Å². The lowest BCUT2D eigenvalue weighted by molar-refractivity contribution is 0.468. The Kier molecular flexibility index (Phi) is 3.60. The SMILES string of the molecule is Cc1cc(S(C)(=O)=O)c(C(C)CN)cc1O. The van der Waals surface area contributed by atoms with Gasteiger partial charge >= 0.3 is 0 Å². The normalized spacial score (nSPS) is 13.8. The van der Waals surface area contributed by atoms with E-state index in [0.29, 0.717) is 17.7 Å². The predicted octanol–water partition coefficient (Wildman–Crippen LogP) is 1.17. The van der Waals surface area contributed by atoms with Crippen molar-refractivity contribution in [1.29, 1.82) is 0 Å². The van der Waals surface area contributed by atoms with Crippen molar-refractivity contribution in [1.82, 2.24) is 0 Å². The molecule has 0 spiro atoms. The van der Waals surface area contributed by atoms with Gasteiger partial charge in [0.2, 0.25) is 0 Å². The number of phenolic OH excluding ortho intramolecular Hbond substituents is 1. The van der Waals surface area contributed by atoms with Crippen LogP contribution >= 0.6 is 0 Å². The Labute approximate surface area is 96.0 Å². The number of hydrogen-bond donors (Lipinski definition) is 2. The van der Waals surface area contributed by atoms with Crippen molar-refractivity contribution >= 4 is 9.84 Å². The first-order chi connectivity index (χ1) is 7.27. The summed E-state index contributed by atoms with van der Waals surface area (Å²) < 4.78 is 23.2. The smallest absolute Gasteiger partial charge is 0.175 e. The van der Waals surface area contributed by atoms with Gasteiger partial charge < -0.3 is 10.8 Å². The molecule has 0 aliphatic rings. The molecule has 0 aliphatic heterocycles. The molecular weight excluding hydrogens is 226 g/mol. The molecule has 0 heterocycles. The Bertz CT molecular complexity index is 494. The largest absolute Gasteiger partial charge is 0.508 e. The highest BCUT2D eigenvalue weighted by Crippen LogP contribution is 2.30. The van der Waals surface area contributed by atoms with Gasteiger partial charge in [0, 0.05) is 6.26 Å². The monoisotopic (exact) mass is 243 g/mol. The Morgan fingerprint density at radius 3 is 2.44 bits per heavy atom. The number of benzene rings is 1. The van der Waals surface area contributed by atoms with Crippen molar-refractivity contribution in [2.75, 3.05) is 12.8 Å². The van der Waals surface area contributed by atoms with E-state index < -0.39 is 9.84 Å². The molecule has 3 N–H and O–H groups in total. The van der Waals surface area contributed by atoms with Crippen molar-refractivity contribution in [2.24, 2.45) is 5.73 Å². The zero-order valence-electron chi connectivity index (χ0n) is 9.69. The molecule has 0 aromatic heterocycles. The molecule has 0 saturated heterocycles. The van der Waals surface area contributed by atoms with E-state index in [4.69, 9.17) is 5.73 Å². The van der Waals surface area contributed by atoms with Crippen molar-refractivity contribution in [3.63, 3.8) is 0 Å². The van der Waals surface area contributed by atoms with Crippen LogP contribution in [0, 0.1) is 6.92 Å². The first-order valence-electron chi connectivity index (χ1n) is 5.01. The zero-order chi connectivity index (χ0) is 12.5. The fourth-order valence-electron chi connectivity index (χ4n) is 1.52. The maximum Gasteiger partial charge on any atom is 0.175 e. The maximum absolute atomic E-state index is 11.6. The molecule has 16 heavy (non-hydrogen) atoms. The summed E-state index contributed by atoms with van der Waals surface area (Å²) in [4.78, 5) is 0.251. The molecule has 0 fully saturated rings. The zero-order valence-corrected chi connectivity index (χ0v) is 10.5. The molecule has 0 saturated carbocycles. The lowest BCUT2D eigenvalue weighted by Gasteiger charge is -2.15. The lowest BCUT2D eigenvalue weighted by atomic mass is 9.99. The van der Waals surface area contributed by atoms with E-state index >= 15 is 0 Å². The maximum atomic E-state index is 11.6. The number of nitrogens with two attached hydrogens (primary N) is 1. The number of aryl methyl sites for hydroxylation is 1. The molecular formula is C11H17NO3S. The summed E-state index contributed by atoms with van der Waals surface area (Å²) in [5.41, 5.74) is 6.65. The first kappa shape index (κ1) is 13.0. The summed E-state index contributed by atoms with van der Waals surface area (Å²) in [7, 11) is -3.29. The highest BCUT2D eigenvalue weighted by atomic mass is 32.2. The Morgan fingerprint density at radius 1 is 1.44 bits per heavy atom. The number of sulfone groups is 1. The van der Waals surface area contributed by atoms with Crippen LogP contribution in [0.3, 0.4) is 0 Å². The first-order valence-corrected chi connectivity index (χ1v) is 6.90. The molecule has 0 radical (unpaired) electrons. The van der Waals surface area contributed by atoms with Gasteiger partial charge in [-0.1, -0.05) is 6.92 Å². The van der Waals surface area contributed by atoms with Crippen molar-refractivity contribution in [2.45, 2.75) is 24.7 Å². The molecule has 0 bridgehead atoms. The van der Waals surface area contributed by atoms with E-state index in [0.717, 1.165) is 6.26 Å². The Hall–Kier alpha value is -1.07. The summed E-state index contributed by atoms with van der Waals surface area (Å²) in [5, 5.41) is 9.60. The molecule has 0 aliphatic carbocycles. The highest BCUT2D eigenvalue weighted by Gasteiger charge is 2.19. The van der Waals surface area contributed by atoms with Crippen LogP contribution < -0.4 is 5.73 Å². The molecule has 4 nitrogen and oxygen atoms in total. The van der Waals surface area contributed by atoms with Crippen LogP contribution in [0.1, 0.15) is 24.0 Å². The van der Waals surface area contributed by atoms with E-state index in [1.165, 1.54) is 12.1 Å². The molecule has 0 amide bonds. The van der Waals surface area contributed by atoms with Crippen LogP contribution in [0.25, 0.3) is 0 Å². The van der Waals surface area contributed by atoms with Crippen LogP contribution in [0.2, 0.25) is 0 Å². The summed E-state index contributed by atoms with van der Waals surface area (Å²) in [6, 6.07) is 2.98. The van der Waals surface area contributed by atoms with Crippen LogP contribution in [0.5, 0.6) is 5.75 Å². The van der Waals surface area contributed by atoms with Gasteiger partial charge in [-0.2, -0.15) is 0 Å². The Balaban J connectivity index is 3.52. The van der Waals surface area contributed by atoms with Crippen LogP contribution in [-0.2, 0) is 9.84 Å². The standard InChI is InChI=1S/C11H17NO3S/c1-7-4-11(16(3,14)15)9(5-10(7)13)8(2)6-12/h4-5,8,13H,6,12H2,1-3H3. The second kappa shape index (κ2) is 4.43. The summed E-state index contributed by atoms with van der Waals surface area (Å²) in [6.07, 6.45) is 1.16. The van der Waals surface area contributed by atoms with E-state index in [1.54, 1.807) is 6.92 Å². The van der Waals surface area contributed by atoms with Crippen LogP contribution in [0.15, 0.2) is 17.0 Å². The van der Waals surface area contributed by atoms with Crippen molar-refractivity contribution in [3.05, 3.63) is 23.3 Å². The molecule has 1 aromatic rings. The molecule has 90 valence electrons. The van der Waals surface area contributed by atoms with E-state index in [2.05, 4.69) is 0 Å². The van der Waals surface area contributed by atoms with Gasteiger partial charge in [-0.3, -0.25) is 0 Å². The van der Waals surface area contributed by atoms with Crippen LogP contribution in [0.4, 0.5) is 0 Å². The minimum absolute atomic E-state index is 0.0997. The summed E-state index contributed by atoms with van der Waals surface area (Å²) >= 11 is 0. The third kappa shape index (κ3) is 2.54. The minimum Gasteiger partial charge on any atom is -0.508 e. The fraction of sp³-hybridized carbons (Fsp3) is 0.455. The quantitative estimate of drug-likeness (QED) is 0.835. The average Bonchev–Trinajstić information content (AvgIpc) is 2.18. The summed E-state index contributed by atoms with van der Waals surface area (Å²) in [6.45, 7) is 3.84. The van der Waals surface area contributed by atoms with E-state index in [9.17, 15) is 13.5 Å². The fourth-order valence-corrected chi connectivity index (χ4v) is 2.60. The third-order valence-corrected chi connectivity index (χ3v) is 3.76. The van der Waals surface area contributed by atoms with Crippen molar-refractivity contribution in [3.8, 4) is 5.75 Å². The average molecular weight is 243 g/mol. The molecule has 1 atom stereocenters. The van der Waals surface area contributed by atoms with Gasteiger partial charge in [0.25, 0.3) is 0 Å². The number of rotatable bonds is 3. The predicted molar refractivity (Wildman–Crippen MR) is 63.4 cm³/mol. The number of aromatic hydroxyl groups is 1. The van der Waals surface area contributed by atoms with Crippen molar-refractivity contribution < 1.29 is 13.5 Å². The topological polar surface area (TPSA) is 80.4 Å². The number of hydrogen-bond acceptors (Lipinski definition) is 4. The number of phenols is 1. The Morgan fingerprint density at radius 2 is 2.00 bits per heavy atom. The van der Waals surface area contributed by atoms with Gasteiger partial charge in [0.1, 0.15) is 5.75 Å². The second-order valence-electron chi connectivity index (χ2n) is 4.09. The summed E-state index contributed by atoms with van der Waals surface area (Å²) in [5.74, 6) is -0.000995. The minimum atomic E-state index is -3.29.